The summed E-state index contributed by atoms with van der Waals surface area (Å²) >= 11 is 1.79. The lowest BCUT2D eigenvalue weighted by atomic mass is 9.79. The molecule has 1 N–H and O–H groups in total. The molecule has 19 heavy (non-hydrogen) atoms. The van der Waals surface area contributed by atoms with Crippen molar-refractivity contribution in [2.24, 2.45) is 0 Å². The van der Waals surface area contributed by atoms with Gasteiger partial charge in [0.1, 0.15) is 0 Å². The minimum Gasteiger partial charge on any atom is -0.309 e. The molecule has 2 aromatic rings. The van der Waals surface area contributed by atoms with Gasteiger partial charge in [0.05, 0.1) is 6.04 Å². The molecule has 0 bridgehead atoms. The third kappa shape index (κ3) is 2.47. The molecule has 1 saturated carbocycles. The Hall–Kier alpha value is -1.12. The second kappa shape index (κ2) is 5.48. The van der Waals surface area contributed by atoms with Crippen molar-refractivity contribution in [3.8, 4) is 0 Å². The van der Waals surface area contributed by atoms with Gasteiger partial charge in [-0.15, -0.1) is 0 Å². The van der Waals surface area contributed by atoms with Gasteiger partial charge < -0.3 is 5.32 Å². The Balaban J connectivity index is 1.85. The van der Waals surface area contributed by atoms with Gasteiger partial charge in [-0.1, -0.05) is 30.7 Å². The van der Waals surface area contributed by atoms with Crippen LogP contribution in [-0.4, -0.2) is 7.05 Å². The average molecular weight is 271 g/mol. The Labute approximate surface area is 119 Å². The van der Waals surface area contributed by atoms with Gasteiger partial charge in [-0.2, -0.15) is 11.3 Å². The molecule has 1 heterocycles. The van der Waals surface area contributed by atoms with E-state index < -0.39 is 0 Å². The van der Waals surface area contributed by atoms with Crippen molar-refractivity contribution in [2.45, 2.75) is 38.1 Å². The topological polar surface area (TPSA) is 12.0 Å². The van der Waals surface area contributed by atoms with Crippen LogP contribution in [0.5, 0.6) is 0 Å². The van der Waals surface area contributed by atoms with Crippen LogP contribution in [0.3, 0.4) is 0 Å². The smallest absolute Gasteiger partial charge is 0.0585 e. The van der Waals surface area contributed by atoms with Gasteiger partial charge in [0.15, 0.2) is 0 Å². The minimum absolute atomic E-state index is 0.321. The molecule has 1 aromatic heterocycles. The van der Waals surface area contributed by atoms with Crippen LogP contribution >= 0.6 is 11.3 Å². The van der Waals surface area contributed by atoms with Gasteiger partial charge in [0, 0.05) is 0 Å². The summed E-state index contributed by atoms with van der Waals surface area (Å²) in [7, 11) is 2.04. The zero-order valence-electron chi connectivity index (χ0n) is 11.6. The monoisotopic (exact) mass is 271 g/mol. The summed E-state index contributed by atoms with van der Waals surface area (Å²) in [5.74, 6) is 0.824. The largest absolute Gasteiger partial charge is 0.309 e. The molecule has 0 saturated heterocycles. The Bertz CT molecular complexity index is 537. The molecule has 1 unspecified atom stereocenters. The molecular weight excluding hydrogens is 250 g/mol. The van der Waals surface area contributed by atoms with E-state index in [9.17, 15) is 0 Å². The van der Waals surface area contributed by atoms with Crippen molar-refractivity contribution < 1.29 is 0 Å². The lowest BCUT2D eigenvalue weighted by Crippen LogP contribution is -2.18. The lowest BCUT2D eigenvalue weighted by molar-refractivity contribution is 0.419. The van der Waals surface area contributed by atoms with Crippen LogP contribution in [0, 0.1) is 6.92 Å². The van der Waals surface area contributed by atoms with Crippen LogP contribution in [0.25, 0.3) is 0 Å². The Morgan fingerprint density at radius 3 is 2.37 bits per heavy atom. The molecule has 2 heteroatoms. The van der Waals surface area contributed by atoms with Crippen LogP contribution in [0.15, 0.2) is 35.0 Å². The molecule has 1 aliphatic rings. The number of rotatable bonds is 4. The van der Waals surface area contributed by atoms with Gasteiger partial charge in [-0.05, 0) is 65.7 Å². The van der Waals surface area contributed by atoms with Crippen molar-refractivity contribution in [1.29, 1.82) is 0 Å². The van der Waals surface area contributed by atoms with Crippen LogP contribution in [0.4, 0.5) is 0 Å². The third-order valence-corrected chi connectivity index (χ3v) is 5.22. The van der Waals surface area contributed by atoms with E-state index in [0.717, 1.165) is 5.92 Å². The summed E-state index contributed by atoms with van der Waals surface area (Å²) in [6, 6.07) is 9.57. The summed E-state index contributed by atoms with van der Waals surface area (Å²) in [6.07, 6.45) is 4.15. The SMILES string of the molecule is CNC(c1ccc(C2CCC2)cc1)c1cscc1C. The zero-order valence-corrected chi connectivity index (χ0v) is 12.5. The highest BCUT2D eigenvalue weighted by Crippen LogP contribution is 2.37. The molecule has 1 nitrogen and oxygen atoms in total. The highest BCUT2D eigenvalue weighted by molar-refractivity contribution is 7.08. The Morgan fingerprint density at radius 1 is 1.16 bits per heavy atom. The molecule has 3 rings (SSSR count). The van der Waals surface area contributed by atoms with E-state index in [1.54, 1.807) is 11.3 Å². The van der Waals surface area contributed by atoms with Crippen LogP contribution in [0.1, 0.15) is 53.5 Å². The predicted molar refractivity (Wildman–Crippen MR) is 83.0 cm³/mol. The van der Waals surface area contributed by atoms with Crippen molar-refractivity contribution in [3.05, 3.63) is 57.3 Å². The second-order valence-corrected chi connectivity index (χ2v) is 6.27. The predicted octanol–water partition coefficient (Wildman–Crippen LogP) is 4.63. The molecule has 0 spiro atoms. The number of aryl methyl sites for hydroxylation is 1. The van der Waals surface area contributed by atoms with Gasteiger partial charge in [-0.25, -0.2) is 0 Å². The van der Waals surface area contributed by atoms with E-state index in [2.05, 4.69) is 47.3 Å². The molecular formula is C17H21NS. The molecule has 0 amide bonds. The van der Waals surface area contributed by atoms with E-state index in [1.807, 2.05) is 7.05 Å². The van der Waals surface area contributed by atoms with E-state index in [4.69, 9.17) is 0 Å². The molecule has 1 aromatic carbocycles. The number of benzene rings is 1. The number of thiophene rings is 1. The lowest BCUT2D eigenvalue weighted by Gasteiger charge is -2.26. The minimum atomic E-state index is 0.321. The third-order valence-electron chi connectivity index (χ3n) is 4.34. The molecule has 1 aliphatic carbocycles. The Morgan fingerprint density at radius 2 is 1.89 bits per heavy atom. The van der Waals surface area contributed by atoms with Gasteiger partial charge in [-0.3, -0.25) is 0 Å². The van der Waals surface area contributed by atoms with Crippen LogP contribution in [-0.2, 0) is 0 Å². The summed E-state index contributed by atoms with van der Waals surface area (Å²) < 4.78 is 0. The zero-order chi connectivity index (χ0) is 13.2. The fourth-order valence-corrected chi connectivity index (χ4v) is 3.75. The van der Waals surface area contributed by atoms with Crippen molar-refractivity contribution in [1.82, 2.24) is 5.32 Å². The van der Waals surface area contributed by atoms with Gasteiger partial charge >= 0.3 is 0 Å². The molecule has 0 radical (unpaired) electrons. The maximum absolute atomic E-state index is 3.44. The number of hydrogen-bond donors (Lipinski definition) is 1. The summed E-state index contributed by atoms with van der Waals surface area (Å²) in [5, 5.41) is 7.93. The van der Waals surface area contributed by atoms with Gasteiger partial charge in [0.2, 0.25) is 0 Å². The number of nitrogens with one attached hydrogen (secondary N) is 1. The molecule has 1 fully saturated rings. The maximum Gasteiger partial charge on any atom is 0.0585 e. The molecule has 0 aliphatic heterocycles. The fraction of sp³-hybridized carbons (Fsp3) is 0.412. The Kier molecular flexibility index (Phi) is 3.72. The standard InChI is InChI=1S/C17H21NS/c1-12-10-19-11-16(12)17(18-2)15-8-6-14(7-9-15)13-4-3-5-13/h6-11,13,17-18H,3-5H2,1-2H3. The van der Waals surface area contributed by atoms with Crippen molar-refractivity contribution >= 4 is 11.3 Å². The van der Waals surface area contributed by atoms with Crippen LogP contribution < -0.4 is 5.32 Å². The fourth-order valence-electron chi connectivity index (χ4n) is 2.87. The van der Waals surface area contributed by atoms with Gasteiger partial charge in [0.25, 0.3) is 0 Å². The normalized spacial score (nSPS) is 17.2. The average Bonchev–Trinajstić information content (AvgIpc) is 2.77. The first kappa shape index (κ1) is 12.9. The second-order valence-electron chi connectivity index (χ2n) is 5.53. The van der Waals surface area contributed by atoms with E-state index in [0.29, 0.717) is 6.04 Å². The van der Waals surface area contributed by atoms with E-state index in [-0.39, 0.29) is 0 Å². The number of hydrogen-bond acceptors (Lipinski definition) is 2. The van der Waals surface area contributed by atoms with Crippen molar-refractivity contribution in [2.75, 3.05) is 7.05 Å². The maximum atomic E-state index is 3.44. The first-order valence-corrected chi connectivity index (χ1v) is 8.03. The highest BCUT2D eigenvalue weighted by Gasteiger charge is 2.20. The molecule has 1 atom stereocenters. The first-order chi connectivity index (χ1) is 9.29. The van der Waals surface area contributed by atoms with E-state index >= 15 is 0 Å². The highest BCUT2D eigenvalue weighted by atomic mass is 32.1. The van der Waals surface area contributed by atoms with Crippen molar-refractivity contribution in [3.63, 3.8) is 0 Å². The summed E-state index contributed by atoms with van der Waals surface area (Å²) in [6.45, 7) is 2.19. The quantitative estimate of drug-likeness (QED) is 0.854. The molecule has 100 valence electrons. The van der Waals surface area contributed by atoms with E-state index in [1.165, 1.54) is 41.5 Å². The summed E-state index contributed by atoms with van der Waals surface area (Å²) in [5.41, 5.74) is 5.68. The summed E-state index contributed by atoms with van der Waals surface area (Å²) in [4.78, 5) is 0. The van der Waals surface area contributed by atoms with Crippen LogP contribution in [0.2, 0.25) is 0 Å². The first-order valence-electron chi connectivity index (χ1n) is 7.09.